The Bertz CT molecular complexity index is 1170. The van der Waals surface area contributed by atoms with Crippen LogP contribution in [0.5, 0.6) is 0 Å². The maximum atomic E-state index is 12.5. The summed E-state index contributed by atoms with van der Waals surface area (Å²) in [6.45, 7) is 5.75. The van der Waals surface area contributed by atoms with Crippen molar-refractivity contribution >= 4 is 33.9 Å². The number of hydrogen-bond acceptors (Lipinski definition) is 5. The highest BCUT2D eigenvalue weighted by Crippen LogP contribution is 2.32. The second-order valence-electron chi connectivity index (χ2n) is 8.74. The molecular formula is C24H26N6O. The van der Waals surface area contributed by atoms with Gasteiger partial charge in [0, 0.05) is 55.9 Å². The standard InChI is InChI=1S/C24H26N6O/c31-24-20-2-1-7-25-23(20)19-6-3-16(12-22(19)27-24)15-29-8-10-30(11-9-29)18-5-4-17-14-26-28-21(17)13-18/h3-6,12-14,20H,1-2,7-11,15H2,(H,26,28)(H,27,31). The number of benzene rings is 2. The van der Waals surface area contributed by atoms with Gasteiger partial charge >= 0.3 is 0 Å². The van der Waals surface area contributed by atoms with Crippen molar-refractivity contribution in [3.8, 4) is 0 Å². The maximum Gasteiger partial charge on any atom is 0.233 e. The van der Waals surface area contributed by atoms with Gasteiger partial charge in [-0.1, -0.05) is 12.1 Å². The van der Waals surface area contributed by atoms with Crippen molar-refractivity contribution in [1.29, 1.82) is 0 Å². The van der Waals surface area contributed by atoms with Crippen molar-refractivity contribution in [1.82, 2.24) is 15.1 Å². The molecule has 1 saturated heterocycles. The number of hydrogen-bond donors (Lipinski definition) is 2. The van der Waals surface area contributed by atoms with Crippen LogP contribution in [0.4, 0.5) is 11.4 Å². The molecule has 0 saturated carbocycles. The summed E-state index contributed by atoms with van der Waals surface area (Å²) >= 11 is 0. The molecule has 0 aliphatic carbocycles. The Labute approximate surface area is 181 Å². The van der Waals surface area contributed by atoms with E-state index in [1.54, 1.807) is 0 Å². The zero-order valence-corrected chi connectivity index (χ0v) is 17.5. The van der Waals surface area contributed by atoms with E-state index in [9.17, 15) is 4.79 Å². The van der Waals surface area contributed by atoms with E-state index in [0.717, 1.165) is 80.0 Å². The minimum atomic E-state index is -0.0684. The zero-order chi connectivity index (χ0) is 20.8. The van der Waals surface area contributed by atoms with Gasteiger partial charge in [0.1, 0.15) is 0 Å². The summed E-state index contributed by atoms with van der Waals surface area (Å²) in [5, 5.41) is 11.4. The van der Waals surface area contributed by atoms with Crippen LogP contribution < -0.4 is 10.2 Å². The van der Waals surface area contributed by atoms with Crippen molar-refractivity contribution in [3.63, 3.8) is 0 Å². The van der Waals surface area contributed by atoms with Crippen molar-refractivity contribution in [2.24, 2.45) is 10.9 Å². The summed E-state index contributed by atoms with van der Waals surface area (Å²) in [5.74, 6) is 0.0344. The molecule has 3 aromatic rings. The number of H-pyrrole nitrogens is 1. The van der Waals surface area contributed by atoms with E-state index < -0.39 is 0 Å². The second-order valence-corrected chi connectivity index (χ2v) is 8.74. The predicted molar refractivity (Wildman–Crippen MR) is 123 cm³/mol. The molecule has 1 fully saturated rings. The van der Waals surface area contributed by atoms with E-state index in [0.29, 0.717) is 0 Å². The third-order valence-electron chi connectivity index (χ3n) is 6.77. The summed E-state index contributed by atoms with van der Waals surface area (Å²) in [5.41, 5.74) is 6.58. The number of anilines is 2. The topological polar surface area (TPSA) is 76.6 Å². The third kappa shape index (κ3) is 3.39. The van der Waals surface area contributed by atoms with Crippen LogP contribution >= 0.6 is 0 Å². The highest BCUT2D eigenvalue weighted by molar-refractivity contribution is 6.23. The van der Waals surface area contributed by atoms with Crippen molar-refractivity contribution in [2.45, 2.75) is 19.4 Å². The Morgan fingerprint density at radius 1 is 1.06 bits per heavy atom. The number of aromatic nitrogens is 2. The number of rotatable bonds is 3. The van der Waals surface area contributed by atoms with Gasteiger partial charge in [0.05, 0.1) is 29.0 Å². The van der Waals surface area contributed by atoms with Gasteiger partial charge in [0.25, 0.3) is 0 Å². The summed E-state index contributed by atoms with van der Waals surface area (Å²) in [4.78, 5) is 22.1. The Balaban J connectivity index is 1.13. The van der Waals surface area contributed by atoms with E-state index in [2.05, 4.69) is 66.7 Å². The number of piperazine rings is 1. The monoisotopic (exact) mass is 414 g/mol. The molecular weight excluding hydrogens is 388 g/mol. The highest BCUT2D eigenvalue weighted by atomic mass is 16.2. The molecule has 6 rings (SSSR count). The van der Waals surface area contributed by atoms with E-state index in [-0.39, 0.29) is 11.8 Å². The van der Waals surface area contributed by atoms with Crippen molar-refractivity contribution in [3.05, 3.63) is 53.7 Å². The van der Waals surface area contributed by atoms with E-state index in [1.807, 2.05) is 6.20 Å². The van der Waals surface area contributed by atoms with Crippen LogP contribution in [0.25, 0.3) is 10.9 Å². The molecule has 2 aromatic carbocycles. The first-order valence-electron chi connectivity index (χ1n) is 11.1. The van der Waals surface area contributed by atoms with Gasteiger partial charge in [0.2, 0.25) is 5.91 Å². The predicted octanol–water partition coefficient (Wildman–Crippen LogP) is 3.04. The second kappa shape index (κ2) is 7.50. The average molecular weight is 415 g/mol. The lowest BCUT2D eigenvalue weighted by molar-refractivity contribution is -0.118. The Kier molecular flexibility index (Phi) is 4.49. The van der Waals surface area contributed by atoms with Crippen LogP contribution in [0, 0.1) is 5.92 Å². The first kappa shape index (κ1) is 18.6. The smallest absolute Gasteiger partial charge is 0.233 e. The molecule has 0 radical (unpaired) electrons. The summed E-state index contributed by atoms with van der Waals surface area (Å²) in [6.07, 6.45) is 3.76. The van der Waals surface area contributed by atoms with Crippen molar-refractivity contribution < 1.29 is 4.79 Å². The molecule has 4 heterocycles. The number of aliphatic imine (C=N–C) groups is 1. The molecule has 3 aliphatic heterocycles. The molecule has 1 aromatic heterocycles. The average Bonchev–Trinajstić information content (AvgIpc) is 3.28. The Morgan fingerprint density at radius 2 is 1.97 bits per heavy atom. The summed E-state index contributed by atoms with van der Waals surface area (Å²) in [7, 11) is 0. The largest absolute Gasteiger partial charge is 0.369 e. The molecule has 158 valence electrons. The number of nitrogens with zero attached hydrogens (tertiary/aromatic N) is 4. The summed E-state index contributed by atoms with van der Waals surface area (Å²) < 4.78 is 0. The van der Waals surface area contributed by atoms with Crippen LogP contribution in [0.1, 0.15) is 24.0 Å². The number of fused-ring (bicyclic) bond motifs is 4. The fraction of sp³-hybridized carbons (Fsp3) is 0.375. The minimum absolute atomic E-state index is 0.0684. The molecule has 0 bridgehead atoms. The number of nitrogens with one attached hydrogen (secondary N) is 2. The summed E-state index contributed by atoms with van der Waals surface area (Å²) in [6, 6.07) is 13.0. The number of carbonyl (C=O) groups is 1. The number of carbonyl (C=O) groups excluding carboxylic acids is 1. The van der Waals surface area contributed by atoms with Gasteiger partial charge < -0.3 is 10.2 Å². The van der Waals surface area contributed by atoms with Gasteiger partial charge in [-0.05, 0) is 42.7 Å². The van der Waals surface area contributed by atoms with Crippen LogP contribution in [0.3, 0.4) is 0 Å². The zero-order valence-electron chi connectivity index (χ0n) is 17.5. The van der Waals surface area contributed by atoms with Gasteiger partial charge in [-0.2, -0.15) is 5.10 Å². The maximum absolute atomic E-state index is 12.5. The Hall–Kier alpha value is -3.19. The number of aromatic amines is 1. The molecule has 31 heavy (non-hydrogen) atoms. The van der Waals surface area contributed by atoms with Gasteiger partial charge in [-0.3, -0.25) is 19.8 Å². The van der Waals surface area contributed by atoms with E-state index in [4.69, 9.17) is 0 Å². The van der Waals surface area contributed by atoms with Crippen LogP contribution in [-0.4, -0.2) is 59.4 Å². The molecule has 3 aliphatic rings. The SMILES string of the molecule is O=C1Nc2cc(CN3CCN(c4ccc5cn[nH]c5c4)CC3)ccc2C2=NCCCC12. The lowest BCUT2D eigenvalue weighted by Gasteiger charge is -2.36. The first-order chi connectivity index (χ1) is 15.2. The molecule has 1 amide bonds. The lowest BCUT2D eigenvalue weighted by Crippen LogP contribution is -2.46. The molecule has 7 nitrogen and oxygen atoms in total. The Morgan fingerprint density at radius 3 is 2.87 bits per heavy atom. The van der Waals surface area contributed by atoms with E-state index >= 15 is 0 Å². The fourth-order valence-electron chi connectivity index (χ4n) is 5.05. The van der Waals surface area contributed by atoms with Crippen molar-refractivity contribution in [2.75, 3.05) is 42.9 Å². The third-order valence-corrected chi connectivity index (χ3v) is 6.77. The molecule has 1 atom stereocenters. The van der Waals surface area contributed by atoms with E-state index in [1.165, 1.54) is 11.3 Å². The van der Waals surface area contributed by atoms with Crippen LogP contribution in [0.15, 0.2) is 47.6 Å². The lowest BCUT2D eigenvalue weighted by atomic mass is 9.85. The van der Waals surface area contributed by atoms with Gasteiger partial charge in [-0.25, -0.2) is 0 Å². The fourth-order valence-corrected chi connectivity index (χ4v) is 5.05. The van der Waals surface area contributed by atoms with Crippen LogP contribution in [-0.2, 0) is 11.3 Å². The molecule has 1 unspecified atom stereocenters. The normalized spacial score (nSPS) is 21.4. The van der Waals surface area contributed by atoms with Gasteiger partial charge in [-0.15, -0.1) is 0 Å². The molecule has 2 N–H and O–H groups in total. The highest BCUT2D eigenvalue weighted by Gasteiger charge is 2.33. The van der Waals surface area contributed by atoms with Gasteiger partial charge in [0.15, 0.2) is 0 Å². The molecule has 7 heteroatoms. The number of amides is 1. The quantitative estimate of drug-likeness (QED) is 0.691. The minimum Gasteiger partial charge on any atom is -0.369 e. The van der Waals surface area contributed by atoms with Crippen LogP contribution in [0.2, 0.25) is 0 Å². The molecule has 0 spiro atoms. The first-order valence-corrected chi connectivity index (χ1v) is 11.1.